The number of hydrogen-bond acceptors (Lipinski definition) is 2. The van der Waals surface area contributed by atoms with Gasteiger partial charge in [-0.05, 0) is 45.7 Å². The highest BCUT2D eigenvalue weighted by molar-refractivity contribution is 5.79. The molecule has 1 aliphatic carbocycles. The maximum atomic E-state index is 12.0. The van der Waals surface area contributed by atoms with Crippen molar-refractivity contribution in [2.75, 3.05) is 13.1 Å². The highest BCUT2D eigenvalue weighted by atomic mass is 16.2. The van der Waals surface area contributed by atoms with E-state index in [1.54, 1.807) is 0 Å². The molecule has 0 unspecified atom stereocenters. The lowest BCUT2D eigenvalue weighted by atomic mass is 9.94. The van der Waals surface area contributed by atoms with E-state index in [0.717, 1.165) is 38.8 Å². The summed E-state index contributed by atoms with van der Waals surface area (Å²) in [7, 11) is 0. The van der Waals surface area contributed by atoms with Crippen LogP contribution in [0.15, 0.2) is 0 Å². The Morgan fingerprint density at radius 3 is 2.47 bits per heavy atom. The maximum Gasteiger partial charge on any atom is 0.223 e. The molecule has 0 aromatic carbocycles. The number of carbonyl (C=O) groups excluding carboxylic acids is 1. The average Bonchev–Trinajstić information content (AvgIpc) is 2.66. The third-order valence-electron chi connectivity index (χ3n) is 3.84. The number of amides is 1. The largest absolute Gasteiger partial charge is 0.351 e. The standard InChI is InChI=1S/C12H22N2O/c1-12(6-2-3-7-12)14-11(15)10-4-8-13-9-5-10/h10,13H,2-9H2,1H3,(H,14,15). The molecule has 3 heteroatoms. The Morgan fingerprint density at radius 1 is 1.27 bits per heavy atom. The van der Waals surface area contributed by atoms with E-state index in [2.05, 4.69) is 17.6 Å². The lowest BCUT2D eigenvalue weighted by Gasteiger charge is -2.29. The number of hydrogen-bond donors (Lipinski definition) is 2. The third-order valence-corrected chi connectivity index (χ3v) is 3.84. The average molecular weight is 210 g/mol. The summed E-state index contributed by atoms with van der Waals surface area (Å²) in [6.07, 6.45) is 6.85. The van der Waals surface area contributed by atoms with Crippen molar-refractivity contribution in [1.29, 1.82) is 0 Å². The van der Waals surface area contributed by atoms with Crippen LogP contribution in [-0.2, 0) is 4.79 Å². The quantitative estimate of drug-likeness (QED) is 0.724. The summed E-state index contributed by atoms with van der Waals surface area (Å²) in [5.41, 5.74) is 0.0992. The highest BCUT2D eigenvalue weighted by Crippen LogP contribution is 2.29. The summed E-state index contributed by atoms with van der Waals surface area (Å²) in [4.78, 5) is 12.0. The Bertz CT molecular complexity index is 228. The van der Waals surface area contributed by atoms with Gasteiger partial charge in [0.05, 0.1) is 0 Å². The molecule has 2 rings (SSSR count). The van der Waals surface area contributed by atoms with Gasteiger partial charge in [0, 0.05) is 11.5 Å². The van der Waals surface area contributed by atoms with Crippen molar-refractivity contribution in [3.63, 3.8) is 0 Å². The maximum absolute atomic E-state index is 12.0. The van der Waals surface area contributed by atoms with Crippen molar-refractivity contribution in [2.45, 2.75) is 51.0 Å². The van der Waals surface area contributed by atoms with Crippen LogP contribution in [-0.4, -0.2) is 24.5 Å². The molecule has 1 saturated carbocycles. The predicted molar refractivity (Wildman–Crippen MR) is 60.6 cm³/mol. The predicted octanol–water partition coefficient (Wildman–Crippen LogP) is 1.43. The molecular formula is C12H22N2O. The van der Waals surface area contributed by atoms with Crippen LogP contribution in [0.3, 0.4) is 0 Å². The Hall–Kier alpha value is -0.570. The van der Waals surface area contributed by atoms with Crippen LogP contribution in [0.25, 0.3) is 0 Å². The Balaban J connectivity index is 1.85. The van der Waals surface area contributed by atoms with Gasteiger partial charge in [0.15, 0.2) is 0 Å². The van der Waals surface area contributed by atoms with Crippen LogP contribution in [0.2, 0.25) is 0 Å². The van der Waals surface area contributed by atoms with Crippen LogP contribution < -0.4 is 10.6 Å². The molecule has 0 aromatic heterocycles. The normalized spacial score (nSPS) is 26.5. The first-order chi connectivity index (χ1) is 7.20. The van der Waals surface area contributed by atoms with Crippen molar-refractivity contribution in [3.8, 4) is 0 Å². The third kappa shape index (κ3) is 2.71. The molecular weight excluding hydrogens is 188 g/mol. The monoisotopic (exact) mass is 210 g/mol. The fourth-order valence-corrected chi connectivity index (χ4v) is 2.76. The summed E-state index contributed by atoms with van der Waals surface area (Å²) in [5, 5.41) is 6.55. The molecule has 3 nitrogen and oxygen atoms in total. The van der Waals surface area contributed by atoms with Crippen LogP contribution >= 0.6 is 0 Å². The molecule has 0 radical (unpaired) electrons. The summed E-state index contributed by atoms with van der Waals surface area (Å²) in [5.74, 6) is 0.546. The van der Waals surface area contributed by atoms with Crippen molar-refractivity contribution in [3.05, 3.63) is 0 Å². The zero-order chi connectivity index (χ0) is 10.7. The molecule has 15 heavy (non-hydrogen) atoms. The van der Waals surface area contributed by atoms with Crippen LogP contribution in [0.5, 0.6) is 0 Å². The van der Waals surface area contributed by atoms with Crippen LogP contribution in [0, 0.1) is 5.92 Å². The molecule has 2 N–H and O–H groups in total. The second kappa shape index (κ2) is 4.52. The molecule has 2 fully saturated rings. The van der Waals surface area contributed by atoms with Crippen molar-refractivity contribution < 1.29 is 4.79 Å². The Kier molecular flexibility index (Phi) is 3.29. The van der Waals surface area contributed by atoms with E-state index in [4.69, 9.17) is 0 Å². The van der Waals surface area contributed by atoms with Crippen LogP contribution in [0.1, 0.15) is 45.4 Å². The molecule has 2 aliphatic rings. The lowest BCUT2D eigenvalue weighted by Crippen LogP contribution is -2.48. The van der Waals surface area contributed by atoms with E-state index in [1.807, 2.05) is 0 Å². The van der Waals surface area contributed by atoms with Gasteiger partial charge in [-0.3, -0.25) is 4.79 Å². The van der Waals surface area contributed by atoms with Crippen LogP contribution in [0.4, 0.5) is 0 Å². The topological polar surface area (TPSA) is 41.1 Å². The van der Waals surface area contributed by atoms with E-state index in [-0.39, 0.29) is 11.5 Å². The minimum atomic E-state index is 0.0992. The molecule has 0 aromatic rings. The van der Waals surface area contributed by atoms with Gasteiger partial charge >= 0.3 is 0 Å². The number of piperidine rings is 1. The second-order valence-electron chi connectivity index (χ2n) is 5.28. The first-order valence-corrected chi connectivity index (χ1v) is 6.22. The first kappa shape index (κ1) is 10.9. The summed E-state index contributed by atoms with van der Waals surface area (Å²) < 4.78 is 0. The van der Waals surface area contributed by atoms with Gasteiger partial charge < -0.3 is 10.6 Å². The molecule has 0 atom stereocenters. The van der Waals surface area contributed by atoms with E-state index < -0.39 is 0 Å². The Morgan fingerprint density at radius 2 is 1.87 bits per heavy atom. The van der Waals surface area contributed by atoms with Gasteiger partial charge in [0.25, 0.3) is 0 Å². The summed E-state index contributed by atoms with van der Waals surface area (Å²) >= 11 is 0. The van der Waals surface area contributed by atoms with Gasteiger partial charge in [-0.1, -0.05) is 12.8 Å². The molecule has 1 amide bonds. The molecule has 1 saturated heterocycles. The fourth-order valence-electron chi connectivity index (χ4n) is 2.76. The van der Waals surface area contributed by atoms with E-state index in [9.17, 15) is 4.79 Å². The van der Waals surface area contributed by atoms with Crippen molar-refractivity contribution in [2.24, 2.45) is 5.92 Å². The van der Waals surface area contributed by atoms with Gasteiger partial charge in [-0.2, -0.15) is 0 Å². The smallest absolute Gasteiger partial charge is 0.223 e. The number of carbonyl (C=O) groups is 1. The molecule has 0 bridgehead atoms. The number of rotatable bonds is 2. The minimum Gasteiger partial charge on any atom is -0.351 e. The molecule has 86 valence electrons. The molecule has 1 aliphatic heterocycles. The molecule has 0 spiro atoms. The van der Waals surface area contributed by atoms with E-state index in [0.29, 0.717) is 5.91 Å². The molecule has 1 heterocycles. The van der Waals surface area contributed by atoms with Gasteiger partial charge in [-0.15, -0.1) is 0 Å². The van der Waals surface area contributed by atoms with E-state index >= 15 is 0 Å². The SMILES string of the molecule is CC1(NC(=O)C2CCNCC2)CCCC1. The van der Waals surface area contributed by atoms with Crippen molar-refractivity contribution >= 4 is 5.91 Å². The minimum absolute atomic E-state index is 0.0992. The second-order valence-corrected chi connectivity index (χ2v) is 5.28. The highest BCUT2D eigenvalue weighted by Gasteiger charge is 2.32. The fraction of sp³-hybridized carbons (Fsp3) is 0.917. The zero-order valence-electron chi connectivity index (χ0n) is 9.64. The summed E-state index contributed by atoms with van der Waals surface area (Å²) in [6.45, 7) is 4.18. The van der Waals surface area contributed by atoms with Gasteiger partial charge in [0.1, 0.15) is 0 Å². The lowest BCUT2D eigenvalue weighted by molar-refractivity contribution is -0.127. The first-order valence-electron chi connectivity index (χ1n) is 6.22. The Labute approximate surface area is 92.0 Å². The van der Waals surface area contributed by atoms with Gasteiger partial charge in [0.2, 0.25) is 5.91 Å². The van der Waals surface area contributed by atoms with E-state index in [1.165, 1.54) is 12.8 Å². The zero-order valence-corrected chi connectivity index (χ0v) is 9.64. The van der Waals surface area contributed by atoms with Gasteiger partial charge in [-0.25, -0.2) is 0 Å². The number of nitrogens with one attached hydrogen (secondary N) is 2. The van der Waals surface area contributed by atoms with Crippen molar-refractivity contribution in [1.82, 2.24) is 10.6 Å². The summed E-state index contributed by atoms with van der Waals surface area (Å²) in [6, 6.07) is 0.